The van der Waals surface area contributed by atoms with Gasteiger partial charge in [-0.15, -0.1) is 0 Å². The van der Waals surface area contributed by atoms with Crippen molar-refractivity contribution in [3.8, 4) is 0 Å². The predicted molar refractivity (Wildman–Crippen MR) is 71.7 cm³/mol. The summed E-state index contributed by atoms with van der Waals surface area (Å²) in [7, 11) is 3.38. The molecule has 2 aromatic rings. The number of rotatable bonds is 4. The van der Waals surface area contributed by atoms with E-state index < -0.39 is 0 Å². The van der Waals surface area contributed by atoms with Crippen LogP contribution < -0.4 is 5.32 Å². The first-order chi connectivity index (χ1) is 9.08. The number of aromatic amines is 1. The average molecular weight is 260 g/mol. The van der Waals surface area contributed by atoms with Crippen molar-refractivity contribution in [1.29, 1.82) is 0 Å². The summed E-state index contributed by atoms with van der Waals surface area (Å²) < 4.78 is 0. The Morgan fingerprint density at radius 3 is 2.89 bits per heavy atom. The Balaban J connectivity index is 1.94. The van der Waals surface area contributed by atoms with E-state index in [9.17, 15) is 9.59 Å². The minimum atomic E-state index is -0.192. The quantitative estimate of drug-likeness (QED) is 0.852. The Hall–Kier alpha value is -2.37. The average Bonchev–Trinajstić information content (AvgIpc) is 2.85. The number of nitrogens with zero attached hydrogens (tertiary/aromatic N) is 2. The van der Waals surface area contributed by atoms with Crippen LogP contribution in [0.4, 0.5) is 0 Å². The maximum atomic E-state index is 11.9. The molecule has 0 atom stereocenters. The molecule has 2 N–H and O–H groups in total. The van der Waals surface area contributed by atoms with Crippen LogP contribution in [0.5, 0.6) is 0 Å². The van der Waals surface area contributed by atoms with Crippen LogP contribution in [0.3, 0.4) is 0 Å². The molecule has 0 spiro atoms. The number of fused-ring (bicyclic) bond motifs is 1. The van der Waals surface area contributed by atoms with Gasteiger partial charge < -0.3 is 10.2 Å². The first-order valence-corrected chi connectivity index (χ1v) is 5.99. The first-order valence-electron chi connectivity index (χ1n) is 5.99. The van der Waals surface area contributed by atoms with Crippen molar-refractivity contribution >= 4 is 22.7 Å². The van der Waals surface area contributed by atoms with Gasteiger partial charge in [0.1, 0.15) is 0 Å². The second kappa shape index (κ2) is 5.51. The van der Waals surface area contributed by atoms with E-state index in [-0.39, 0.29) is 11.8 Å². The fourth-order valence-corrected chi connectivity index (χ4v) is 1.69. The molecule has 0 aliphatic rings. The monoisotopic (exact) mass is 260 g/mol. The Labute approximate surface area is 110 Å². The summed E-state index contributed by atoms with van der Waals surface area (Å²) in [6.45, 7) is 0.330. The minimum absolute atomic E-state index is 0.00989. The van der Waals surface area contributed by atoms with Crippen molar-refractivity contribution in [1.82, 2.24) is 20.4 Å². The number of benzene rings is 1. The van der Waals surface area contributed by atoms with Crippen molar-refractivity contribution in [2.24, 2.45) is 0 Å². The standard InChI is InChI=1S/C13H16N4O2/c1-17(2)12(18)5-6-14-13(19)9-3-4-10-8-15-16-11(10)7-9/h3-4,7-8H,5-6H2,1-2H3,(H,14,19)(H,15,16). The van der Waals surface area contributed by atoms with Crippen LogP contribution in [0.2, 0.25) is 0 Å². The van der Waals surface area contributed by atoms with Crippen LogP contribution in [-0.2, 0) is 4.79 Å². The Morgan fingerprint density at radius 2 is 2.16 bits per heavy atom. The fourth-order valence-electron chi connectivity index (χ4n) is 1.69. The third-order valence-corrected chi connectivity index (χ3v) is 2.83. The highest BCUT2D eigenvalue weighted by Crippen LogP contribution is 2.12. The molecule has 0 saturated carbocycles. The highest BCUT2D eigenvalue weighted by molar-refractivity contribution is 5.97. The molecule has 6 nitrogen and oxygen atoms in total. The third-order valence-electron chi connectivity index (χ3n) is 2.83. The Kier molecular flexibility index (Phi) is 3.79. The lowest BCUT2D eigenvalue weighted by Crippen LogP contribution is -2.30. The molecule has 0 unspecified atom stereocenters. The van der Waals surface area contributed by atoms with Crippen LogP contribution in [0.1, 0.15) is 16.8 Å². The molecule has 2 rings (SSSR count). The summed E-state index contributed by atoms with van der Waals surface area (Å²) in [4.78, 5) is 24.8. The summed E-state index contributed by atoms with van der Waals surface area (Å²) in [6.07, 6.45) is 2.00. The number of aromatic nitrogens is 2. The van der Waals surface area contributed by atoms with Gasteiger partial charge >= 0.3 is 0 Å². The summed E-state index contributed by atoms with van der Waals surface area (Å²) in [5.74, 6) is -0.202. The number of hydrogen-bond donors (Lipinski definition) is 2. The SMILES string of the molecule is CN(C)C(=O)CCNC(=O)c1ccc2cn[nH]c2c1. The zero-order valence-corrected chi connectivity index (χ0v) is 10.9. The molecule has 1 aromatic carbocycles. The summed E-state index contributed by atoms with van der Waals surface area (Å²) in [5, 5.41) is 10.4. The molecule has 19 heavy (non-hydrogen) atoms. The van der Waals surface area contributed by atoms with Gasteiger partial charge in [-0.2, -0.15) is 5.10 Å². The second-order valence-electron chi connectivity index (χ2n) is 4.47. The predicted octanol–water partition coefficient (Wildman–Crippen LogP) is 0.771. The molecule has 100 valence electrons. The summed E-state index contributed by atoms with van der Waals surface area (Å²) in [6, 6.07) is 5.31. The number of carbonyl (C=O) groups is 2. The lowest BCUT2D eigenvalue weighted by Gasteiger charge is -2.10. The Bertz CT molecular complexity index is 603. The molecule has 0 aliphatic carbocycles. The molecular weight excluding hydrogens is 244 g/mol. The molecule has 1 aromatic heterocycles. The maximum Gasteiger partial charge on any atom is 0.251 e. The smallest absolute Gasteiger partial charge is 0.251 e. The molecule has 0 saturated heterocycles. The fraction of sp³-hybridized carbons (Fsp3) is 0.308. The Morgan fingerprint density at radius 1 is 1.37 bits per heavy atom. The van der Waals surface area contributed by atoms with E-state index in [1.54, 1.807) is 32.4 Å². The van der Waals surface area contributed by atoms with Gasteiger partial charge in [0.15, 0.2) is 0 Å². The van der Waals surface area contributed by atoms with Crippen LogP contribution in [0, 0.1) is 0 Å². The molecule has 2 amide bonds. The van der Waals surface area contributed by atoms with E-state index in [0.717, 1.165) is 10.9 Å². The number of hydrogen-bond acceptors (Lipinski definition) is 3. The van der Waals surface area contributed by atoms with E-state index in [2.05, 4.69) is 15.5 Å². The largest absolute Gasteiger partial charge is 0.352 e. The van der Waals surface area contributed by atoms with Gasteiger partial charge in [-0.3, -0.25) is 14.7 Å². The molecular formula is C13H16N4O2. The van der Waals surface area contributed by atoms with Gasteiger partial charge in [0.05, 0.1) is 11.7 Å². The molecule has 0 aliphatic heterocycles. The first kappa shape index (κ1) is 13.1. The highest BCUT2D eigenvalue weighted by atomic mass is 16.2. The van der Waals surface area contributed by atoms with Crippen molar-refractivity contribution in [2.75, 3.05) is 20.6 Å². The molecule has 0 fully saturated rings. The van der Waals surface area contributed by atoms with Crippen molar-refractivity contribution in [3.05, 3.63) is 30.0 Å². The molecule has 0 bridgehead atoms. The number of H-pyrrole nitrogens is 1. The van der Waals surface area contributed by atoms with Crippen LogP contribution in [0.15, 0.2) is 24.4 Å². The number of carbonyl (C=O) groups excluding carboxylic acids is 2. The topological polar surface area (TPSA) is 78.1 Å². The van der Waals surface area contributed by atoms with Crippen molar-refractivity contribution in [2.45, 2.75) is 6.42 Å². The van der Waals surface area contributed by atoms with E-state index in [1.807, 2.05) is 6.07 Å². The van der Waals surface area contributed by atoms with E-state index >= 15 is 0 Å². The zero-order chi connectivity index (χ0) is 13.8. The third kappa shape index (κ3) is 3.09. The van der Waals surface area contributed by atoms with E-state index in [4.69, 9.17) is 0 Å². The lowest BCUT2D eigenvalue weighted by molar-refractivity contribution is -0.128. The summed E-state index contributed by atoms with van der Waals surface area (Å²) >= 11 is 0. The molecule has 6 heteroatoms. The highest BCUT2D eigenvalue weighted by Gasteiger charge is 2.08. The van der Waals surface area contributed by atoms with E-state index in [1.165, 1.54) is 4.90 Å². The van der Waals surface area contributed by atoms with Crippen LogP contribution >= 0.6 is 0 Å². The van der Waals surface area contributed by atoms with Crippen LogP contribution in [-0.4, -0.2) is 47.6 Å². The van der Waals surface area contributed by atoms with Crippen LogP contribution in [0.25, 0.3) is 10.9 Å². The zero-order valence-electron chi connectivity index (χ0n) is 10.9. The van der Waals surface area contributed by atoms with Gasteiger partial charge in [-0.05, 0) is 12.1 Å². The van der Waals surface area contributed by atoms with Gasteiger partial charge in [0.2, 0.25) is 5.91 Å². The second-order valence-corrected chi connectivity index (χ2v) is 4.47. The van der Waals surface area contributed by atoms with Crippen molar-refractivity contribution in [3.63, 3.8) is 0 Å². The van der Waals surface area contributed by atoms with Gasteiger partial charge in [-0.25, -0.2) is 0 Å². The number of nitrogens with one attached hydrogen (secondary N) is 2. The van der Waals surface area contributed by atoms with E-state index in [0.29, 0.717) is 18.5 Å². The van der Waals surface area contributed by atoms with Gasteiger partial charge in [0.25, 0.3) is 5.91 Å². The van der Waals surface area contributed by atoms with Gasteiger partial charge in [0, 0.05) is 38.0 Å². The normalized spacial score (nSPS) is 10.4. The molecule has 1 heterocycles. The van der Waals surface area contributed by atoms with Gasteiger partial charge in [-0.1, -0.05) is 6.07 Å². The minimum Gasteiger partial charge on any atom is -0.352 e. The lowest BCUT2D eigenvalue weighted by atomic mass is 10.1. The molecule has 0 radical (unpaired) electrons. The number of amides is 2. The van der Waals surface area contributed by atoms with Crippen molar-refractivity contribution < 1.29 is 9.59 Å². The summed E-state index contributed by atoms with van der Waals surface area (Å²) in [5.41, 5.74) is 1.37. The maximum absolute atomic E-state index is 11.9.